The third-order valence-electron chi connectivity index (χ3n) is 3.33. The Kier molecular flexibility index (Phi) is 4.88. The average Bonchev–Trinajstić information content (AvgIpc) is 2.49. The Balaban J connectivity index is 2.36. The number of hydrogen-bond donors (Lipinski definition) is 0. The predicted octanol–water partition coefficient (Wildman–Crippen LogP) is 3.99. The predicted molar refractivity (Wildman–Crippen MR) is 81.6 cm³/mol. The molecule has 2 aromatic carbocycles. The van der Waals surface area contributed by atoms with Crippen molar-refractivity contribution in [2.24, 2.45) is 0 Å². The molecule has 3 nitrogen and oxygen atoms in total. The molecule has 0 N–H and O–H groups in total. The first-order chi connectivity index (χ1) is 10.1. The number of hydrogen-bond acceptors (Lipinski definition) is 3. The summed E-state index contributed by atoms with van der Waals surface area (Å²) in [5.74, 6) is -0.365. The van der Waals surface area contributed by atoms with Gasteiger partial charge in [-0.15, -0.1) is 0 Å². The zero-order valence-electron chi connectivity index (χ0n) is 12.2. The Morgan fingerprint density at radius 1 is 1.00 bits per heavy atom. The molecule has 0 aliphatic rings. The van der Waals surface area contributed by atoms with Gasteiger partial charge < -0.3 is 4.74 Å². The van der Waals surface area contributed by atoms with E-state index in [1.54, 1.807) is 24.3 Å². The van der Waals surface area contributed by atoms with Gasteiger partial charge in [-0.2, -0.15) is 0 Å². The van der Waals surface area contributed by atoms with E-state index in [1.807, 2.05) is 37.3 Å². The summed E-state index contributed by atoms with van der Waals surface area (Å²) >= 11 is 0. The number of para-hydroxylation sites is 1. The van der Waals surface area contributed by atoms with Crippen molar-refractivity contribution in [3.05, 3.63) is 65.7 Å². The van der Waals surface area contributed by atoms with Crippen molar-refractivity contribution in [3.8, 4) is 5.75 Å². The summed E-state index contributed by atoms with van der Waals surface area (Å²) in [6.07, 6.45) is 0.692. The molecule has 2 aromatic rings. The zero-order valence-corrected chi connectivity index (χ0v) is 12.2. The summed E-state index contributed by atoms with van der Waals surface area (Å²) < 4.78 is 5.14. The first-order valence-corrected chi connectivity index (χ1v) is 7.00. The molecule has 0 saturated carbocycles. The molecule has 0 fully saturated rings. The van der Waals surface area contributed by atoms with E-state index < -0.39 is 5.97 Å². The van der Waals surface area contributed by atoms with Gasteiger partial charge in [-0.3, -0.25) is 9.59 Å². The molecule has 0 aromatic heterocycles. The van der Waals surface area contributed by atoms with Crippen molar-refractivity contribution in [1.82, 2.24) is 0 Å². The zero-order chi connectivity index (χ0) is 15.2. The highest BCUT2D eigenvalue weighted by Crippen LogP contribution is 2.28. The second kappa shape index (κ2) is 6.84. The fraction of sp³-hybridized carbons (Fsp3) is 0.222. The van der Waals surface area contributed by atoms with Crippen LogP contribution in [0.4, 0.5) is 0 Å². The molecule has 2 rings (SSSR count). The molecule has 0 radical (unpaired) electrons. The van der Waals surface area contributed by atoms with Crippen LogP contribution in [-0.4, -0.2) is 11.8 Å². The van der Waals surface area contributed by atoms with Gasteiger partial charge in [0.15, 0.2) is 5.78 Å². The molecule has 0 bridgehead atoms. The lowest BCUT2D eigenvalue weighted by Crippen LogP contribution is -2.14. The number of Topliss-reactive ketones (excluding diaryl/α,β-unsaturated/α-hetero) is 1. The van der Waals surface area contributed by atoms with Crippen molar-refractivity contribution >= 4 is 11.8 Å². The standard InChI is InChI=1S/C18H18O3/c1-3-15(14-9-5-4-6-10-14)18(20)16-11-7-8-12-17(16)21-13(2)19/h4-12,15H,3H2,1-2H3. The molecular weight excluding hydrogens is 264 g/mol. The molecule has 0 aliphatic heterocycles. The van der Waals surface area contributed by atoms with E-state index in [1.165, 1.54) is 6.92 Å². The maximum Gasteiger partial charge on any atom is 0.308 e. The lowest BCUT2D eigenvalue weighted by molar-refractivity contribution is -0.131. The van der Waals surface area contributed by atoms with Crippen molar-refractivity contribution in [1.29, 1.82) is 0 Å². The quantitative estimate of drug-likeness (QED) is 0.473. The van der Waals surface area contributed by atoms with Crippen molar-refractivity contribution < 1.29 is 14.3 Å². The van der Waals surface area contributed by atoms with E-state index in [-0.39, 0.29) is 11.7 Å². The van der Waals surface area contributed by atoms with Gasteiger partial charge in [-0.25, -0.2) is 0 Å². The molecule has 0 amide bonds. The summed E-state index contributed by atoms with van der Waals surface area (Å²) in [5, 5.41) is 0. The normalized spacial score (nSPS) is 11.7. The summed E-state index contributed by atoms with van der Waals surface area (Å²) in [7, 11) is 0. The van der Waals surface area contributed by atoms with Crippen molar-refractivity contribution in [3.63, 3.8) is 0 Å². The number of carbonyl (C=O) groups excluding carboxylic acids is 2. The van der Waals surface area contributed by atoms with Gasteiger partial charge in [-0.1, -0.05) is 49.4 Å². The highest BCUT2D eigenvalue weighted by molar-refractivity contribution is 6.03. The number of rotatable bonds is 5. The topological polar surface area (TPSA) is 43.4 Å². The van der Waals surface area contributed by atoms with Gasteiger partial charge in [0, 0.05) is 12.8 Å². The van der Waals surface area contributed by atoms with E-state index in [2.05, 4.69) is 0 Å². The van der Waals surface area contributed by atoms with Crippen LogP contribution in [-0.2, 0) is 4.79 Å². The third-order valence-corrected chi connectivity index (χ3v) is 3.33. The van der Waals surface area contributed by atoms with Crippen LogP contribution in [0.15, 0.2) is 54.6 Å². The summed E-state index contributed by atoms with van der Waals surface area (Å²) in [6.45, 7) is 3.31. The van der Waals surface area contributed by atoms with Gasteiger partial charge in [0.2, 0.25) is 0 Å². The monoisotopic (exact) mass is 282 g/mol. The number of ether oxygens (including phenoxy) is 1. The summed E-state index contributed by atoms with van der Waals surface area (Å²) in [4.78, 5) is 24.0. The van der Waals surface area contributed by atoms with E-state index in [9.17, 15) is 9.59 Å². The van der Waals surface area contributed by atoms with Gasteiger partial charge in [0.1, 0.15) is 5.75 Å². The second-order valence-electron chi connectivity index (χ2n) is 4.83. The van der Waals surface area contributed by atoms with Crippen LogP contribution < -0.4 is 4.74 Å². The number of ketones is 1. The van der Waals surface area contributed by atoms with Crippen LogP contribution >= 0.6 is 0 Å². The van der Waals surface area contributed by atoms with E-state index in [4.69, 9.17) is 4.74 Å². The second-order valence-corrected chi connectivity index (χ2v) is 4.83. The Labute approximate surface area is 124 Å². The first kappa shape index (κ1) is 15.0. The van der Waals surface area contributed by atoms with Crippen molar-refractivity contribution in [2.75, 3.05) is 0 Å². The van der Waals surface area contributed by atoms with Gasteiger partial charge in [0.05, 0.1) is 5.56 Å². The Morgan fingerprint density at radius 3 is 2.24 bits per heavy atom. The number of esters is 1. The highest BCUT2D eigenvalue weighted by atomic mass is 16.5. The van der Waals surface area contributed by atoms with E-state index >= 15 is 0 Å². The minimum atomic E-state index is -0.428. The lowest BCUT2D eigenvalue weighted by atomic mass is 9.88. The molecule has 1 atom stereocenters. The maximum absolute atomic E-state index is 12.8. The van der Waals surface area contributed by atoms with Crippen LogP contribution in [0.3, 0.4) is 0 Å². The molecule has 3 heteroatoms. The molecule has 108 valence electrons. The molecule has 0 heterocycles. The van der Waals surface area contributed by atoms with Crippen molar-refractivity contribution in [2.45, 2.75) is 26.2 Å². The summed E-state index contributed by atoms with van der Waals surface area (Å²) in [6, 6.07) is 16.5. The minimum absolute atomic E-state index is 0.0273. The Hall–Kier alpha value is -2.42. The van der Waals surface area contributed by atoms with Gasteiger partial charge in [-0.05, 0) is 24.1 Å². The largest absolute Gasteiger partial charge is 0.426 e. The van der Waals surface area contributed by atoms with Gasteiger partial charge in [0.25, 0.3) is 0 Å². The van der Waals surface area contributed by atoms with Crippen LogP contribution in [0, 0.1) is 0 Å². The maximum atomic E-state index is 12.8. The first-order valence-electron chi connectivity index (χ1n) is 7.00. The van der Waals surface area contributed by atoms with Crippen LogP contribution in [0.2, 0.25) is 0 Å². The third kappa shape index (κ3) is 3.57. The van der Waals surface area contributed by atoms with Crippen LogP contribution in [0.5, 0.6) is 5.75 Å². The fourth-order valence-electron chi connectivity index (χ4n) is 2.36. The molecular formula is C18H18O3. The van der Waals surface area contributed by atoms with Crippen LogP contribution in [0.1, 0.15) is 42.1 Å². The number of benzene rings is 2. The van der Waals surface area contributed by atoms with Crippen LogP contribution in [0.25, 0.3) is 0 Å². The SMILES string of the molecule is CCC(C(=O)c1ccccc1OC(C)=O)c1ccccc1. The number of carbonyl (C=O) groups is 2. The molecule has 0 spiro atoms. The minimum Gasteiger partial charge on any atom is -0.426 e. The fourth-order valence-corrected chi connectivity index (χ4v) is 2.36. The van der Waals surface area contributed by atoms with E-state index in [0.29, 0.717) is 17.7 Å². The smallest absolute Gasteiger partial charge is 0.308 e. The van der Waals surface area contributed by atoms with Gasteiger partial charge >= 0.3 is 5.97 Å². The Bertz CT molecular complexity index is 632. The van der Waals surface area contributed by atoms with E-state index in [0.717, 1.165) is 5.56 Å². The average molecular weight is 282 g/mol. The Morgan fingerprint density at radius 2 is 1.62 bits per heavy atom. The molecule has 0 saturated heterocycles. The highest BCUT2D eigenvalue weighted by Gasteiger charge is 2.23. The molecule has 1 unspecified atom stereocenters. The molecule has 0 aliphatic carbocycles. The molecule has 21 heavy (non-hydrogen) atoms. The lowest BCUT2D eigenvalue weighted by Gasteiger charge is -2.16. The summed E-state index contributed by atoms with van der Waals surface area (Å²) in [5.41, 5.74) is 1.42.